The summed E-state index contributed by atoms with van der Waals surface area (Å²) < 4.78 is 0. The molecular formula is C49H52N2O6. The number of aromatic amines is 2. The van der Waals surface area contributed by atoms with E-state index in [1.807, 2.05) is 109 Å². The van der Waals surface area contributed by atoms with Gasteiger partial charge in [-0.05, 0) is 91.6 Å². The lowest BCUT2D eigenvalue weighted by Crippen LogP contribution is -2.14. The van der Waals surface area contributed by atoms with Crippen LogP contribution < -0.4 is 10.9 Å². The molecule has 0 amide bonds. The van der Waals surface area contributed by atoms with Crippen molar-refractivity contribution in [1.29, 1.82) is 0 Å². The molecule has 3 atom stereocenters. The molecule has 4 aromatic carbocycles. The number of unbranched alkanes of at least 4 members (excludes halogenated alkanes) is 3. The molecule has 294 valence electrons. The highest BCUT2D eigenvalue weighted by atomic mass is 16.4. The quantitative estimate of drug-likeness (QED) is 0.0466. The van der Waals surface area contributed by atoms with E-state index in [1.54, 1.807) is 12.2 Å². The normalized spacial score (nSPS) is 16.1. The molecule has 0 bridgehead atoms. The minimum absolute atomic E-state index is 0.0213. The van der Waals surface area contributed by atoms with Crippen LogP contribution in [-0.2, 0) is 9.59 Å². The Kier molecular flexibility index (Phi) is 13.8. The fourth-order valence-electron chi connectivity index (χ4n) is 8.00. The van der Waals surface area contributed by atoms with Crippen LogP contribution in [0.4, 0.5) is 0 Å². The SMILES string of the molecule is CCC(c1cccc2[nH]c3ccccc3c(=O)c12)c1cccc2[nH]c3ccccc3c(=O)c12.CCCCC[C@H](O)/C=C/[C@H]1C(=O)C=C[C@@H]1C/C=C\CCCC(=O)O. The first-order valence-corrected chi connectivity index (χ1v) is 20.2. The van der Waals surface area contributed by atoms with E-state index >= 15 is 0 Å². The number of hydrogen-bond donors (Lipinski definition) is 4. The van der Waals surface area contributed by atoms with Crippen molar-refractivity contribution in [2.75, 3.05) is 0 Å². The monoisotopic (exact) mass is 764 g/mol. The van der Waals surface area contributed by atoms with E-state index in [-0.39, 0.29) is 40.8 Å². The second kappa shape index (κ2) is 19.3. The molecule has 0 unspecified atom stereocenters. The number of allylic oxidation sites excluding steroid dienone is 5. The summed E-state index contributed by atoms with van der Waals surface area (Å²) in [4.78, 5) is 56.4. The van der Waals surface area contributed by atoms with Gasteiger partial charge in [-0.2, -0.15) is 0 Å². The van der Waals surface area contributed by atoms with Crippen LogP contribution in [0.15, 0.2) is 131 Å². The molecule has 0 fully saturated rings. The summed E-state index contributed by atoms with van der Waals surface area (Å²) in [6.45, 7) is 4.23. The zero-order valence-corrected chi connectivity index (χ0v) is 32.7. The zero-order chi connectivity index (χ0) is 40.3. The second-order valence-electron chi connectivity index (χ2n) is 14.9. The molecule has 7 rings (SSSR count). The van der Waals surface area contributed by atoms with Gasteiger partial charge in [0.2, 0.25) is 0 Å². The van der Waals surface area contributed by atoms with Crippen molar-refractivity contribution in [2.45, 2.75) is 83.7 Å². The largest absolute Gasteiger partial charge is 0.481 e. The lowest BCUT2D eigenvalue weighted by Gasteiger charge is -2.20. The number of aliphatic hydroxyl groups is 1. The summed E-state index contributed by atoms with van der Waals surface area (Å²) in [5, 5.41) is 21.3. The number of hydrogen-bond acceptors (Lipinski definition) is 5. The number of fused-ring (bicyclic) bond motifs is 4. The Morgan fingerprint density at radius 1 is 0.737 bits per heavy atom. The molecule has 0 aliphatic heterocycles. The third-order valence-corrected chi connectivity index (χ3v) is 11.0. The van der Waals surface area contributed by atoms with Gasteiger partial charge in [0.05, 0.1) is 17.1 Å². The van der Waals surface area contributed by atoms with E-state index < -0.39 is 12.1 Å². The Bertz CT molecular complexity index is 2440. The number of aliphatic carboxylic acids is 1. The molecule has 8 nitrogen and oxygen atoms in total. The maximum Gasteiger partial charge on any atom is 0.303 e. The van der Waals surface area contributed by atoms with Crippen molar-refractivity contribution in [2.24, 2.45) is 11.8 Å². The number of ketones is 1. The molecule has 6 aromatic rings. The van der Waals surface area contributed by atoms with Crippen LogP contribution in [0.3, 0.4) is 0 Å². The minimum Gasteiger partial charge on any atom is -0.481 e. The van der Waals surface area contributed by atoms with Crippen LogP contribution in [0.25, 0.3) is 43.6 Å². The summed E-state index contributed by atoms with van der Waals surface area (Å²) in [5.74, 6) is -0.824. The van der Waals surface area contributed by atoms with E-state index in [4.69, 9.17) is 5.11 Å². The summed E-state index contributed by atoms with van der Waals surface area (Å²) in [6, 6.07) is 27.1. The van der Waals surface area contributed by atoms with E-state index in [9.17, 15) is 24.3 Å². The number of benzene rings is 4. The number of aromatic nitrogens is 2. The number of carbonyl (C=O) groups excluding carboxylic acids is 1. The molecule has 2 heterocycles. The lowest BCUT2D eigenvalue weighted by atomic mass is 9.84. The maximum atomic E-state index is 13.6. The maximum absolute atomic E-state index is 13.6. The highest BCUT2D eigenvalue weighted by Crippen LogP contribution is 2.35. The number of rotatable bonds is 15. The van der Waals surface area contributed by atoms with Crippen molar-refractivity contribution in [3.8, 4) is 0 Å². The highest BCUT2D eigenvalue weighted by Gasteiger charge is 2.27. The molecule has 1 aliphatic rings. The summed E-state index contributed by atoms with van der Waals surface area (Å²) >= 11 is 0. The predicted molar refractivity (Wildman–Crippen MR) is 232 cm³/mol. The van der Waals surface area contributed by atoms with Crippen LogP contribution in [-0.4, -0.2) is 38.0 Å². The molecule has 0 saturated carbocycles. The third kappa shape index (κ3) is 9.58. The first-order valence-electron chi connectivity index (χ1n) is 20.2. The number of H-pyrrole nitrogens is 2. The summed E-state index contributed by atoms with van der Waals surface area (Å²) in [5.41, 5.74) is 5.22. The molecule has 4 N–H and O–H groups in total. The van der Waals surface area contributed by atoms with Crippen molar-refractivity contribution >= 4 is 55.4 Å². The van der Waals surface area contributed by atoms with Crippen molar-refractivity contribution < 1.29 is 19.8 Å². The number of para-hydroxylation sites is 2. The molecule has 0 radical (unpaired) electrons. The van der Waals surface area contributed by atoms with Crippen molar-refractivity contribution in [3.05, 3.63) is 153 Å². The summed E-state index contributed by atoms with van der Waals surface area (Å²) in [6.07, 6.45) is 17.8. The minimum atomic E-state index is -0.768. The fraction of sp³-hybridized carbons (Fsp3) is 0.306. The van der Waals surface area contributed by atoms with Crippen LogP contribution in [0, 0.1) is 11.8 Å². The van der Waals surface area contributed by atoms with E-state index in [1.165, 1.54) is 0 Å². The Morgan fingerprint density at radius 2 is 1.32 bits per heavy atom. The molecular weight excluding hydrogens is 713 g/mol. The Balaban J connectivity index is 0.000000205. The number of carboxylic acid groups (broad SMARTS) is 1. The van der Waals surface area contributed by atoms with Crippen LogP contribution in [0.5, 0.6) is 0 Å². The van der Waals surface area contributed by atoms with Crippen LogP contribution in [0.2, 0.25) is 0 Å². The fourth-order valence-corrected chi connectivity index (χ4v) is 8.00. The van der Waals surface area contributed by atoms with Gasteiger partial charge in [0.25, 0.3) is 0 Å². The molecule has 0 saturated heterocycles. The molecule has 0 spiro atoms. The lowest BCUT2D eigenvalue weighted by molar-refractivity contribution is -0.137. The number of carboxylic acids is 1. The molecule has 8 heteroatoms. The summed E-state index contributed by atoms with van der Waals surface area (Å²) in [7, 11) is 0. The van der Waals surface area contributed by atoms with Gasteiger partial charge < -0.3 is 20.2 Å². The number of aliphatic hydroxyl groups excluding tert-OH is 1. The van der Waals surface area contributed by atoms with E-state index in [0.29, 0.717) is 28.0 Å². The van der Waals surface area contributed by atoms with Gasteiger partial charge in [0, 0.05) is 50.8 Å². The van der Waals surface area contributed by atoms with Gasteiger partial charge in [-0.1, -0.05) is 112 Å². The average molecular weight is 765 g/mol. The van der Waals surface area contributed by atoms with Crippen LogP contribution >= 0.6 is 0 Å². The number of carbonyl (C=O) groups is 2. The molecule has 2 aromatic heterocycles. The van der Waals surface area contributed by atoms with E-state index in [2.05, 4.69) is 23.8 Å². The Morgan fingerprint density at radius 3 is 1.88 bits per heavy atom. The smallest absolute Gasteiger partial charge is 0.303 e. The van der Waals surface area contributed by atoms with Gasteiger partial charge >= 0.3 is 5.97 Å². The van der Waals surface area contributed by atoms with E-state index in [0.717, 1.165) is 78.1 Å². The molecule has 1 aliphatic carbocycles. The molecule has 57 heavy (non-hydrogen) atoms. The number of pyridine rings is 2. The number of nitrogens with one attached hydrogen (secondary N) is 2. The van der Waals surface area contributed by atoms with Crippen LogP contribution in [0.1, 0.15) is 88.7 Å². The average Bonchev–Trinajstić information content (AvgIpc) is 3.57. The second-order valence-corrected chi connectivity index (χ2v) is 14.9. The highest BCUT2D eigenvalue weighted by molar-refractivity contribution is 5.97. The predicted octanol–water partition coefficient (Wildman–Crippen LogP) is 10.3. The topological polar surface area (TPSA) is 140 Å². The van der Waals surface area contributed by atoms with Gasteiger partial charge in [-0.15, -0.1) is 0 Å². The van der Waals surface area contributed by atoms with Gasteiger partial charge in [0.1, 0.15) is 0 Å². The van der Waals surface area contributed by atoms with Gasteiger partial charge in [-0.25, -0.2) is 0 Å². The third-order valence-electron chi connectivity index (χ3n) is 11.0. The first-order chi connectivity index (χ1) is 27.7. The van der Waals surface area contributed by atoms with Crippen molar-refractivity contribution in [3.63, 3.8) is 0 Å². The first kappa shape index (κ1) is 40.8. The Labute approximate surface area is 332 Å². The zero-order valence-electron chi connectivity index (χ0n) is 32.7. The Hall–Kier alpha value is -5.86. The van der Waals surface area contributed by atoms with Gasteiger partial charge in [0.15, 0.2) is 16.6 Å². The van der Waals surface area contributed by atoms with Gasteiger partial charge in [-0.3, -0.25) is 19.2 Å². The standard InChI is InChI=1S/C29H22N2O2.C20H30O4/c1-2-17(18-11-7-15-24-26(18)28(32)20-9-3-5-13-22(20)30-24)19-12-8-16-25-27(19)29(33)21-10-4-6-14-23(21)31-25;1-2-3-6-10-17(21)13-14-18-16(12-15-19(18)22)9-7-4-5-8-11-20(23)24/h3-17H,2H2,1H3,(H,30,32)(H,31,33);4,7,12-18,21H,2-3,5-6,8-11H2,1H3,(H,23,24)/b;7-4-,14-13+/t;16-,17-,18+/m.0/s1. The van der Waals surface area contributed by atoms with Crippen molar-refractivity contribution in [1.82, 2.24) is 9.97 Å².